The van der Waals surface area contributed by atoms with Crippen molar-refractivity contribution >= 4 is 22.2 Å². The van der Waals surface area contributed by atoms with E-state index in [4.69, 9.17) is 4.52 Å². The zero-order chi connectivity index (χ0) is 10.8. The van der Waals surface area contributed by atoms with Gasteiger partial charge in [-0.2, -0.15) is 0 Å². The van der Waals surface area contributed by atoms with Crippen molar-refractivity contribution in [1.29, 1.82) is 0 Å². The smallest absolute Gasteiger partial charge is 0.213 e. The molecule has 0 radical (unpaired) electrons. The summed E-state index contributed by atoms with van der Waals surface area (Å²) in [5.74, 6) is -0.443. The average Bonchev–Trinajstić information content (AvgIpc) is 2.60. The lowest BCUT2D eigenvalue weighted by molar-refractivity contribution is 0.112. The fourth-order valence-corrected chi connectivity index (χ4v) is 1.58. The summed E-state index contributed by atoms with van der Waals surface area (Å²) in [6.45, 7) is 0. The Kier molecular flexibility index (Phi) is 2.64. The third-order valence-corrected chi connectivity index (χ3v) is 2.50. The van der Waals surface area contributed by atoms with E-state index in [1.807, 2.05) is 0 Å². The van der Waals surface area contributed by atoms with Gasteiger partial charge >= 0.3 is 0 Å². The van der Waals surface area contributed by atoms with Crippen LogP contribution in [0.4, 0.5) is 4.39 Å². The number of hydrogen-bond donors (Lipinski definition) is 0. The van der Waals surface area contributed by atoms with E-state index >= 15 is 0 Å². The summed E-state index contributed by atoms with van der Waals surface area (Å²) < 4.78 is 18.4. The lowest BCUT2D eigenvalue weighted by Gasteiger charge is -1.97. The Balaban J connectivity index is 2.64. The van der Waals surface area contributed by atoms with Crippen LogP contribution in [0.5, 0.6) is 0 Å². The van der Waals surface area contributed by atoms with Crippen LogP contribution in [0.1, 0.15) is 10.4 Å². The van der Waals surface area contributed by atoms with Crippen LogP contribution in [-0.4, -0.2) is 11.4 Å². The summed E-state index contributed by atoms with van der Waals surface area (Å²) in [5.41, 5.74) is 0.657. The number of carbonyl (C=O) groups excluding carboxylic acids is 1. The van der Waals surface area contributed by atoms with E-state index in [-0.39, 0.29) is 21.5 Å². The van der Waals surface area contributed by atoms with Gasteiger partial charge in [-0.3, -0.25) is 4.79 Å². The Morgan fingerprint density at radius 3 is 2.80 bits per heavy atom. The average molecular weight is 270 g/mol. The molecule has 1 heterocycles. The number of carbonyl (C=O) groups is 1. The first kappa shape index (κ1) is 10.0. The molecule has 76 valence electrons. The minimum Gasteiger partial charge on any atom is -0.348 e. The third-order valence-electron chi connectivity index (χ3n) is 1.93. The highest BCUT2D eigenvalue weighted by atomic mass is 79.9. The van der Waals surface area contributed by atoms with E-state index in [0.717, 1.165) is 0 Å². The van der Waals surface area contributed by atoms with E-state index in [0.29, 0.717) is 6.29 Å². The molecular weight excluding hydrogens is 265 g/mol. The maximum absolute atomic E-state index is 13.4. The van der Waals surface area contributed by atoms with Gasteiger partial charge in [0.05, 0.1) is 5.56 Å². The van der Waals surface area contributed by atoms with Crippen LogP contribution in [0.25, 0.3) is 11.3 Å². The van der Waals surface area contributed by atoms with Crippen LogP contribution in [0.3, 0.4) is 0 Å². The SMILES string of the molecule is O=Cc1c(-c2ccccc2F)noc1Br. The van der Waals surface area contributed by atoms with Crippen molar-refractivity contribution in [3.8, 4) is 11.3 Å². The summed E-state index contributed by atoms with van der Waals surface area (Å²) in [7, 11) is 0. The molecule has 0 aliphatic heterocycles. The highest BCUT2D eigenvalue weighted by Crippen LogP contribution is 2.28. The molecule has 0 atom stereocenters. The number of hydrogen-bond acceptors (Lipinski definition) is 3. The van der Waals surface area contributed by atoms with E-state index in [9.17, 15) is 9.18 Å². The Morgan fingerprint density at radius 1 is 1.40 bits per heavy atom. The molecule has 3 nitrogen and oxygen atoms in total. The highest BCUT2D eigenvalue weighted by molar-refractivity contribution is 9.10. The lowest BCUT2D eigenvalue weighted by Crippen LogP contribution is -1.88. The minimum atomic E-state index is -0.443. The van der Waals surface area contributed by atoms with Gasteiger partial charge in [-0.25, -0.2) is 4.39 Å². The molecule has 2 aromatic rings. The van der Waals surface area contributed by atoms with Crippen LogP contribution in [0, 0.1) is 5.82 Å². The Hall–Kier alpha value is -1.49. The van der Waals surface area contributed by atoms with Gasteiger partial charge in [0.25, 0.3) is 0 Å². The second kappa shape index (κ2) is 3.94. The molecule has 0 fully saturated rings. The first-order chi connectivity index (χ1) is 7.24. The zero-order valence-electron chi connectivity index (χ0n) is 7.41. The molecule has 0 unspecified atom stereocenters. The minimum absolute atomic E-state index is 0.204. The maximum atomic E-state index is 13.4. The maximum Gasteiger partial charge on any atom is 0.213 e. The van der Waals surface area contributed by atoms with Gasteiger partial charge in [0.2, 0.25) is 4.67 Å². The summed E-state index contributed by atoms with van der Waals surface area (Å²) in [5, 5.41) is 3.62. The van der Waals surface area contributed by atoms with Crippen molar-refractivity contribution in [2.75, 3.05) is 0 Å². The van der Waals surface area contributed by atoms with Crippen molar-refractivity contribution in [2.24, 2.45) is 0 Å². The number of aromatic nitrogens is 1. The molecule has 1 aromatic carbocycles. The van der Waals surface area contributed by atoms with Crippen LogP contribution >= 0.6 is 15.9 Å². The van der Waals surface area contributed by atoms with Crippen molar-refractivity contribution < 1.29 is 13.7 Å². The third kappa shape index (κ3) is 1.70. The van der Waals surface area contributed by atoms with E-state index < -0.39 is 5.82 Å². The van der Waals surface area contributed by atoms with Crippen molar-refractivity contribution in [1.82, 2.24) is 5.16 Å². The second-order valence-electron chi connectivity index (χ2n) is 2.82. The van der Waals surface area contributed by atoms with Crippen molar-refractivity contribution in [3.05, 3.63) is 40.3 Å². The van der Waals surface area contributed by atoms with Gasteiger partial charge in [-0.15, -0.1) is 0 Å². The number of benzene rings is 1. The first-order valence-electron chi connectivity index (χ1n) is 4.09. The lowest BCUT2D eigenvalue weighted by atomic mass is 10.1. The molecule has 15 heavy (non-hydrogen) atoms. The zero-order valence-corrected chi connectivity index (χ0v) is 8.99. The summed E-state index contributed by atoms with van der Waals surface area (Å²) in [6.07, 6.45) is 0.572. The standard InChI is InChI=1S/C10H5BrFNO2/c11-10-7(5-14)9(13-15-10)6-3-1-2-4-8(6)12/h1-5H. The van der Waals surface area contributed by atoms with Crippen LogP contribution in [0.15, 0.2) is 33.5 Å². The number of nitrogens with zero attached hydrogens (tertiary/aromatic N) is 1. The monoisotopic (exact) mass is 269 g/mol. The summed E-state index contributed by atoms with van der Waals surface area (Å²) in [6, 6.07) is 6.06. The number of aldehydes is 1. The van der Waals surface area contributed by atoms with Gasteiger partial charge in [0, 0.05) is 5.56 Å². The Labute approximate surface area is 93.0 Å². The predicted octanol–water partition coefficient (Wildman–Crippen LogP) is 3.06. The number of rotatable bonds is 2. The van der Waals surface area contributed by atoms with Gasteiger partial charge in [0.1, 0.15) is 11.5 Å². The van der Waals surface area contributed by atoms with Crippen molar-refractivity contribution in [3.63, 3.8) is 0 Å². The highest BCUT2D eigenvalue weighted by Gasteiger charge is 2.17. The summed E-state index contributed by atoms with van der Waals surface area (Å²) in [4.78, 5) is 10.7. The molecule has 2 rings (SSSR count). The fraction of sp³-hybridized carbons (Fsp3) is 0. The van der Waals surface area contributed by atoms with Crippen LogP contribution in [-0.2, 0) is 0 Å². The molecule has 0 aliphatic rings. The Morgan fingerprint density at radius 2 is 2.13 bits per heavy atom. The Bertz CT molecular complexity index is 510. The van der Waals surface area contributed by atoms with Crippen molar-refractivity contribution in [2.45, 2.75) is 0 Å². The molecule has 1 aromatic heterocycles. The quantitative estimate of drug-likeness (QED) is 0.787. The van der Waals surface area contributed by atoms with E-state index in [1.165, 1.54) is 12.1 Å². The van der Waals surface area contributed by atoms with Gasteiger partial charge in [-0.05, 0) is 28.1 Å². The molecule has 0 N–H and O–H groups in total. The van der Waals surface area contributed by atoms with Gasteiger partial charge < -0.3 is 4.52 Å². The van der Waals surface area contributed by atoms with Gasteiger partial charge in [-0.1, -0.05) is 17.3 Å². The first-order valence-corrected chi connectivity index (χ1v) is 4.88. The molecule has 0 amide bonds. The normalized spacial score (nSPS) is 10.3. The van der Waals surface area contributed by atoms with Crippen LogP contribution < -0.4 is 0 Å². The molecule has 0 saturated carbocycles. The largest absolute Gasteiger partial charge is 0.348 e. The predicted molar refractivity (Wildman–Crippen MR) is 55.0 cm³/mol. The molecule has 5 heteroatoms. The van der Waals surface area contributed by atoms with E-state index in [1.54, 1.807) is 12.1 Å². The fourth-order valence-electron chi connectivity index (χ4n) is 1.23. The molecule has 0 saturated heterocycles. The molecule has 0 bridgehead atoms. The molecule has 0 aliphatic carbocycles. The van der Waals surface area contributed by atoms with E-state index in [2.05, 4.69) is 21.1 Å². The molecule has 0 spiro atoms. The number of halogens is 2. The van der Waals surface area contributed by atoms with Gasteiger partial charge in [0.15, 0.2) is 6.29 Å². The summed E-state index contributed by atoms with van der Waals surface area (Å²) >= 11 is 3.02. The topological polar surface area (TPSA) is 43.1 Å². The molecular formula is C10H5BrFNO2. The van der Waals surface area contributed by atoms with Crippen LogP contribution in [0.2, 0.25) is 0 Å². The second-order valence-corrected chi connectivity index (χ2v) is 3.54.